The summed E-state index contributed by atoms with van der Waals surface area (Å²) in [7, 11) is 0. The molecular formula is C51H45N3O3. The summed E-state index contributed by atoms with van der Waals surface area (Å²) in [5, 5.41) is 6.58. The molecule has 6 heteroatoms. The summed E-state index contributed by atoms with van der Waals surface area (Å²) < 4.78 is 19.9. The van der Waals surface area contributed by atoms with Crippen molar-refractivity contribution in [3.8, 4) is 34.2 Å². The Morgan fingerprint density at radius 1 is 0.316 bits per heavy atom. The number of hydrogen-bond acceptors (Lipinski definition) is 6. The fourth-order valence-corrected chi connectivity index (χ4v) is 8.86. The molecule has 0 atom stereocenters. The summed E-state index contributed by atoms with van der Waals surface area (Å²) in [5.41, 5.74) is 15.5. The molecule has 0 spiro atoms. The van der Waals surface area contributed by atoms with Crippen molar-refractivity contribution in [2.24, 2.45) is 0 Å². The Morgan fingerprint density at radius 3 is 0.842 bits per heavy atom. The Hall–Kier alpha value is -6.27. The van der Waals surface area contributed by atoms with Crippen LogP contribution in [0, 0.1) is 0 Å². The molecule has 57 heavy (non-hydrogen) atoms. The highest BCUT2D eigenvalue weighted by Crippen LogP contribution is 2.41. The highest BCUT2D eigenvalue weighted by molar-refractivity contribution is 6.10. The van der Waals surface area contributed by atoms with Gasteiger partial charge in [-0.3, -0.25) is 0 Å². The van der Waals surface area contributed by atoms with Crippen molar-refractivity contribution < 1.29 is 13.3 Å². The zero-order valence-corrected chi connectivity index (χ0v) is 33.5. The quantitative estimate of drug-likeness (QED) is 0.146. The number of rotatable bonds is 9. The maximum absolute atomic E-state index is 6.62. The molecule has 0 N–H and O–H groups in total. The third kappa shape index (κ3) is 5.48. The van der Waals surface area contributed by atoms with Crippen LogP contribution in [0.25, 0.3) is 100.0 Å². The maximum atomic E-state index is 6.62. The van der Waals surface area contributed by atoms with E-state index in [1.165, 1.54) is 16.7 Å². The summed E-state index contributed by atoms with van der Waals surface area (Å²) >= 11 is 0. The number of furan rings is 3. The van der Waals surface area contributed by atoms with E-state index in [1.54, 1.807) is 0 Å². The average Bonchev–Trinajstić information content (AvgIpc) is 3.96. The van der Waals surface area contributed by atoms with Gasteiger partial charge >= 0.3 is 0 Å². The average molecular weight is 748 g/mol. The van der Waals surface area contributed by atoms with E-state index in [2.05, 4.69) is 133 Å². The van der Waals surface area contributed by atoms with Gasteiger partial charge in [-0.1, -0.05) is 96.1 Å². The van der Waals surface area contributed by atoms with E-state index in [0.717, 1.165) is 138 Å². The predicted octanol–water partition coefficient (Wildman–Crippen LogP) is 13.9. The monoisotopic (exact) mass is 747 g/mol. The molecule has 10 rings (SSSR count). The number of hydrogen-bond donors (Lipinski definition) is 0. The molecule has 0 bridgehead atoms. The van der Waals surface area contributed by atoms with Gasteiger partial charge in [0.15, 0.2) is 17.5 Å². The van der Waals surface area contributed by atoms with Crippen LogP contribution in [0.4, 0.5) is 0 Å². The summed E-state index contributed by atoms with van der Waals surface area (Å²) in [6.07, 6.45) is 5.13. The van der Waals surface area contributed by atoms with Gasteiger partial charge in [-0.25, -0.2) is 15.0 Å². The van der Waals surface area contributed by atoms with E-state index < -0.39 is 0 Å². The first-order valence-electron chi connectivity index (χ1n) is 20.6. The van der Waals surface area contributed by atoms with Gasteiger partial charge in [0.1, 0.15) is 33.5 Å². The van der Waals surface area contributed by atoms with Gasteiger partial charge < -0.3 is 13.3 Å². The molecule has 0 aliphatic carbocycles. The lowest BCUT2D eigenvalue weighted by Crippen LogP contribution is -2.01. The zero-order valence-electron chi connectivity index (χ0n) is 33.5. The van der Waals surface area contributed by atoms with Crippen molar-refractivity contribution >= 4 is 65.8 Å². The van der Waals surface area contributed by atoms with Crippen molar-refractivity contribution in [2.45, 2.75) is 80.1 Å². The first-order valence-corrected chi connectivity index (χ1v) is 20.6. The van der Waals surface area contributed by atoms with Crippen LogP contribution in [0.15, 0.2) is 104 Å². The molecule has 4 heterocycles. The lowest BCUT2D eigenvalue weighted by Gasteiger charge is -2.12. The van der Waals surface area contributed by atoms with E-state index in [4.69, 9.17) is 28.2 Å². The van der Waals surface area contributed by atoms with Crippen LogP contribution in [-0.4, -0.2) is 15.0 Å². The van der Waals surface area contributed by atoms with E-state index in [0.29, 0.717) is 17.5 Å². The van der Waals surface area contributed by atoms with Gasteiger partial charge in [-0.05, 0) is 108 Å². The molecular weight excluding hydrogens is 703 g/mol. The lowest BCUT2D eigenvalue weighted by atomic mass is 10.00. The first kappa shape index (κ1) is 35.2. The maximum Gasteiger partial charge on any atom is 0.164 e. The van der Waals surface area contributed by atoms with Crippen LogP contribution in [0.2, 0.25) is 0 Å². The normalized spacial score (nSPS) is 12.1. The molecule has 0 radical (unpaired) electrons. The third-order valence-corrected chi connectivity index (χ3v) is 12.0. The number of benzene rings is 6. The Labute approximate surface area is 331 Å². The van der Waals surface area contributed by atoms with Crippen LogP contribution >= 0.6 is 0 Å². The highest BCUT2D eigenvalue weighted by atomic mass is 16.3. The second-order valence-electron chi connectivity index (χ2n) is 15.2. The first-order chi connectivity index (χ1) is 27.9. The SMILES string of the molecule is CCc1cccc2c1oc1c(CC)cc(-c3nc(-c4cc(CC)c5oc6c(CC)cccc6c5c4)nc(-c4cc(CC)c5oc6c(CC)cccc6c5c4)n3)cc12. The van der Waals surface area contributed by atoms with Crippen LogP contribution in [0.3, 0.4) is 0 Å². The van der Waals surface area contributed by atoms with Crippen molar-refractivity contribution in [1.82, 2.24) is 15.0 Å². The van der Waals surface area contributed by atoms with E-state index in [-0.39, 0.29) is 0 Å². The predicted molar refractivity (Wildman–Crippen MR) is 234 cm³/mol. The molecule has 4 aromatic heterocycles. The van der Waals surface area contributed by atoms with E-state index in [9.17, 15) is 0 Å². The molecule has 0 saturated heterocycles. The molecule has 0 aliphatic heterocycles. The molecule has 10 aromatic rings. The van der Waals surface area contributed by atoms with Gasteiger partial charge in [0.05, 0.1) is 0 Å². The summed E-state index contributed by atoms with van der Waals surface area (Å²) in [6.45, 7) is 13.1. The molecule has 0 unspecified atom stereocenters. The molecule has 282 valence electrons. The fraction of sp³-hybridized carbons (Fsp3) is 0.235. The lowest BCUT2D eigenvalue weighted by molar-refractivity contribution is 0.658. The Balaban J connectivity index is 1.26. The van der Waals surface area contributed by atoms with Crippen molar-refractivity contribution in [1.29, 1.82) is 0 Å². The van der Waals surface area contributed by atoms with Gasteiger partial charge in [-0.2, -0.15) is 0 Å². The van der Waals surface area contributed by atoms with Gasteiger partial charge in [0.25, 0.3) is 0 Å². The van der Waals surface area contributed by atoms with Crippen molar-refractivity contribution in [3.05, 3.63) is 124 Å². The molecule has 6 nitrogen and oxygen atoms in total. The number of aromatic nitrogens is 3. The summed E-state index contributed by atoms with van der Waals surface area (Å²) in [4.78, 5) is 16.0. The Kier molecular flexibility index (Phi) is 8.47. The number of nitrogens with zero attached hydrogens (tertiary/aromatic N) is 3. The molecule has 0 amide bonds. The molecule has 6 aromatic carbocycles. The zero-order chi connectivity index (χ0) is 38.9. The minimum absolute atomic E-state index is 0.625. The Bertz CT molecular complexity index is 2860. The fourth-order valence-electron chi connectivity index (χ4n) is 8.86. The smallest absolute Gasteiger partial charge is 0.164 e. The Morgan fingerprint density at radius 2 is 0.579 bits per heavy atom. The highest BCUT2D eigenvalue weighted by Gasteiger charge is 2.22. The third-order valence-electron chi connectivity index (χ3n) is 12.0. The number of fused-ring (bicyclic) bond motifs is 9. The van der Waals surface area contributed by atoms with E-state index in [1.807, 2.05) is 0 Å². The van der Waals surface area contributed by atoms with Crippen LogP contribution in [0.5, 0.6) is 0 Å². The number of aryl methyl sites for hydroxylation is 6. The minimum atomic E-state index is 0.625. The number of para-hydroxylation sites is 3. The molecule has 0 fully saturated rings. The van der Waals surface area contributed by atoms with Crippen molar-refractivity contribution in [2.75, 3.05) is 0 Å². The van der Waals surface area contributed by atoms with Crippen LogP contribution < -0.4 is 0 Å². The van der Waals surface area contributed by atoms with Gasteiger partial charge in [-0.15, -0.1) is 0 Å². The van der Waals surface area contributed by atoms with Crippen molar-refractivity contribution in [3.63, 3.8) is 0 Å². The molecule has 0 saturated carbocycles. The van der Waals surface area contributed by atoms with Gasteiger partial charge in [0.2, 0.25) is 0 Å². The topological polar surface area (TPSA) is 78.1 Å². The second kappa shape index (κ2) is 13.7. The minimum Gasteiger partial charge on any atom is -0.455 e. The van der Waals surface area contributed by atoms with Gasteiger partial charge in [0, 0.05) is 49.0 Å². The van der Waals surface area contributed by atoms with Crippen LogP contribution in [0.1, 0.15) is 74.9 Å². The van der Waals surface area contributed by atoms with E-state index >= 15 is 0 Å². The standard InChI is InChI=1S/C51H45N3O3/c1-7-28-16-13-19-37-40-25-34(22-31(10-4)46(40)55-43(28)37)49-52-50(35-23-32(11-5)47-41(26-35)38-20-14-17-29(8-2)44(38)56-47)54-51(53-49)36-24-33(12-6)48-42(27-36)39-21-15-18-30(9-3)45(39)57-48/h13-27H,7-12H2,1-6H3. The summed E-state index contributed by atoms with van der Waals surface area (Å²) in [5.74, 6) is 1.87. The second-order valence-corrected chi connectivity index (χ2v) is 15.2. The largest absolute Gasteiger partial charge is 0.455 e. The summed E-state index contributed by atoms with van der Waals surface area (Å²) in [6, 6.07) is 32.6. The van der Waals surface area contributed by atoms with Crippen LogP contribution in [-0.2, 0) is 38.5 Å². The molecule has 0 aliphatic rings.